The Labute approximate surface area is 119 Å². The van der Waals surface area contributed by atoms with E-state index in [2.05, 4.69) is 0 Å². The van der Waals surface area contributed by atoms with Crippen molar-refractivity contribution < 1.29 is 70.2 Å². The quantitative estimate of drug-likeness (QED) is 0.498. The van der Waals surface area contributed by atoms with Gasteiger partial charge in [-0.15, -0.1) is 0 Å². The zero-order valence-corrected chi connectivity index (χ0v) is 10.0. The fraction of sp³-hybridized carbons (Fsp3) is 1.00. The first-order valence-corrected chi connectivity index (χ1v) is 5.02. The molecule has 0 aromatic carbocycles. The molecule has 0 spiro atoms. The zero-order chi connectivity index (χ0) is 20.0. The third kappa shape index (κ3) is 1.64. The maximum absolute atomic E-state index is 12.8. The van der Waals surface area contributed by atoms with Crippen LogP contribution in [0.3, 0.4) is 0 Å². The first-order chi connectivity index (χ1) is 10.0. The summed E-state index contributed by atoms with van der Waals surface area (Å²) in [4.78, 5) is 0. The van der Waals surface area contributed by atoms with E-state index in [4.69, 9.17) is 0 Å². The van der Waals surface area contributed by atoms with Crippen LogP contribution in [-0.2, 0) is 0 Å². The van der Waals surface area contributed by atoms with Crippen molar-refractivity contribution in [3.63, 3.8) is 0 Å². The van der Waals surface area contributed by atoms with Crippen molar-refractivity contribution in [2.24, 2.45) is 0 Å². The Morgan fingerprint density at radius 1 is 0.167 bits per heavy atom. The van der Waals surface area contributed by atoms with E-state index in [9.17, 15) is 70.2 Å². The second-order valence-electron chi connectivity index (χ2n) is 4.60. The maximum atomic E-state index is 12.8. The average molecular weight is 400 g/mol. The van der Waals surface area contributed by atoms with Crippen molar-refractivity contribution in [1.29, 1.82) is 0 Å². The van der Waals surface area contributed by atoms with E-state index in [1.807, 2.05) is 0 Å². The van der Waals surface area contributed by atoms with Crippen molar-refractivity contribution in [2.45, 2.75) is 47.4 Å². The van der Waals surface area contributed by atoms with Gasteiger partial charge in [-0.2, -0.15) is 70.2 Å². The molecule has 0 unspecified atom stereocenters. The van der Waals surface area contributed by atoms with Crippen LogP contribution >= 0.6 is 0 Å². The van der Waals surface area contributed by atoms with Gasteiger partial charge in [0.05, 0.1) is 0 Å². The second-order valence-corrected chi connectivity index (χ2v) is 4.60. The van der Waals surface area contributed by atoms with Crippen molar-refractivity contribution in [2.75, 3.05) is 0 Å². The van der Waals surface area contributed by atoms with Gasteiger partial charge in [0, 0.05) is 0 Å². The predicted octanol–water partition coefficient (Wildman–Crippen LogP) is 5.08. The van der Waals surface area contributed by atoms with Gasteiger partial charge < -0.3 is 0 Å². The molecule has 1 aliphatic carbocycles. The predicted molar refractivity (Wildman–Crippen MR) is 39.6 cm³/mol. The van der Waals surface area contributed by atoms with E-state index < -0.39 is 47.4 Å². The van der Waals surface area contributed by atoms with Gasteiger partial charge in [-0.3, -0.25) is 0 Å². The maximum Gasteiger partial charge on any atom is 0.385 e. The Morgan fingerprint density at radius 3 is 0.250 bits per heavy atom. The molecule has 0 atom stereocenters. The van der Waals surface area contributed by atoms with Crippen LogP contribution in [0.2, 0.25) is 0 Å². The number of halogens is 16. The molecular formula is C8F16. The van der Waals surface area contributed by atoms with Crippen LogP contribution in [0.25, 0.3) is 0 Å². The van der Waals surface area contributed by atoms with Crippen molar-refractivity contribution in [3.05, 3.63) is 0 Å². The topological polar surface area (TPSA) is 0 Å². The lowest BCUT2D eigenvalue weighted by Crippen LogP contribution is -2.82. The summed E-state index contributed by atoms with van der Waals surface area (Å²) < 4.78 is 204. The molecule has 1 saturated carbocycles. The zero-order valence-electron chi connectivity index (χ0n) is 10.0. The van der Waals surface area contributed by atoms with E-state index in [0.29, 0.717) is 0 Å². The van der Waals surface area contributed by atoms with Crippen LogP contribution in [0, 0.1) is 0 Å². The highest BCUT2D eigenvalue weighted by Gasteiger charge is 3.02. The summed E-state index contributed by atoms with van der Waals surface area (Å²) in [6.07, 6.45) is 0. The third-order valence-electron chi connectivity index (χ3n) is 3.15. The first kappa shape index (κ1) is 20.9. The SMILES string of the molecule is FC1(F)C(F)(F)C(F)(F)C(F)(F)C(F)(F)C(F)(F)C(F)(F)C1(F)F. The third-order valence-corrected chi connectivity index (χ3v) is 3.15. The highest BCUT2D eigenvalue weighted by atomic mass is 19.4. The van der Waals surface area contributed by atoms with Gasteiger partial charge in [0.25, 0.3) is 0 Å². The Hall–Kier alpha value is -1.12. The minimum Gasteiger partial charge on any atom is -0.192 e. The van der Waals surface area contributed by atoms with Crippen LogP contribution in [0.5, 0.6) is 0 Å². The highest BCUT2D eigenvalue weighted by Crippen LogP contribution is 2.70. The molecule has 144 valence electrons. The summed E-state index contributed by atoms with van der Waals surface area (Å²) >= 11 is 0. The van der Waals surface area contributed by atoms with Crippen LogP contribution in [0.1, 0.15) is 0 Å². The lowest BCUT2D eigenvalue weighted by Gasteiger charge is -2.49. The Balaban J connectivity index is 4.09. The Bertz CT molecular complexity index is 350. The second kappa shape index (κ2) is 4.34. The summed E-state index contributed by atoms with van der Waals surface area (Å²) in [6, 6.07) is 0. The Kier molecular flexibility index (Phi) is 3.78. The molecule has 0 N–H and O–H groups in total. The molecule has 1 rings (SSSR count). The molecular weight excluding hydrogens is 400 g/mol. The lowest BCUT2D eigenvalue weighted by molar-refractivity contribution is -0.506. The van der Waals surface area contributed by atoms with Gasteiger partial charge in [0.1, 0.15) is 0 Å². The smallest absolute Gasteiger partial charge is 0.192 e. The lowest BCUT2D eigenvalue weighted by atomic mass is 9.80. The number of hydrogen-bond acceptors (Lipinski definition) is 0. The van der Waals surface area contributed by atoms with Crippen molar-refractivity contribution in [3.8, 4) is 0 Å². The largest absolute Gasteiger partial charge is 0.385 e. The summed E-state index contributed by atoms with van der Waals surface area (Å²) in [5.74, 6) is -66.1. The molecule has 0 heterocycles. The van der Waals surface area contributed by atoms with Gasteiger partial charge in [-0.1, -0.05) is 0 Å². The molecule has 0 bridgehead atoms. The normalized spacial score (nSPS) is 34.0. The van der Waals surface area contributed by atoms with E-state index >= 15 is 0 Å². The molecule has 0 aromatic rings. The fourth-order valence-corrected chi connectivity index (χ4v) is 1.58. The molecule has 0 amide bonds. The fourth-order valence-electron chi connectivity index (χ4n) is 1.58. The van der Waals surface area contributed by atoms with Gasteiger partial charge >= 0.3 is 47.4 Å². The van der Waals surface area contributed by atoms with Crippen molar-refractivity contribution >= 4 is 0 Å². The van der Waals surface area contributed by atoms with Gasteiger partial charge in [-0.05, 0) is 0 Å². The molecule has 0 aliphatic heterocycles. The summed E-state index contributed by atoms with van der Waals surface area (Å²) in [5.41, 5.74) is 0. The molecule has 1 aliphatic rings. The van der Waals surface area contributed by atoms with Gasteiger partial charge in [0.15, 0.2) is 0 Å². The van der Waals surface area contributed by atoms with Crippen LogP contribution in [0.4, 0.5) is 70.2 Å². The number of hydrogen-bond donors (Lipinski definition) is 0. The summed E-state index contributed by atoms with van der Waals surface area (Å²) in [7, 11) is 0. The van der Waals surface area contributed by atoms with Gasteiger partial charge in [-0.25, -0.2) is 0 Å². The highest BCUT2D eigenvalue weighted by molar-refractivity contribution is 5.23. The summed E-state index contributed by atoms with van der Waals surface area (Å²) in [5, 5.41) is 0. The monoisotopic (exact) mass is 400 g/mol. The number of alkyl halides is 16. The van der Waals surface area contributed by atoms with Crippen LogP contribution < -0.4 is 0 Å². The van der Waals surface area contributed by atoms with E-state index in [1.54, 1.807) is 0 Å². The average Bonchev–Trinajstić information content (AvgIpc) is 2.35. The number of rotatable bonds is 0. The first-order valence-electron chi connectivity index (χ1n) is 5.02. The Morgan fingerprint density at radius 2 is 0.208 bits per heavy atom. The van der Waals surface area contributed by atoms with E-state index in [1.165, 1.54) is 0 Å². The van der Waals surface area contributed by atoms with Gasteiger partial charge in [0.2, 0.25) is 0 Å². The minimum absolute atomic E-state index is 8.27. The molecule has 24 heavy (non-hydrogen) atoms. The van der Waals surface area contributed by atoms with E-state index in [0.717, 1.165) is 0 Å². The minimum atomic E-state index is -8.27. The molecule has 0 radical (unpaired) electrons. The van der Waals surface area contributed by atoms with Crippen molar-refractivity contribution in [1.82, 2.24) is 0 Å². The molecule has 0 nitrogen and oxygen atoms in total. The molecule has 0 aromatic heterocycles. The van der Waals surface area contributed by atoms with E-state index in [-0.39, 0.29) is 0 Å². The molecule has 0 saturated heterocycles. The van der Waals surface area contributed by atoms with Crippen LogP contribution in [0.15, 0.2) is 0 Å². The molecule has 16 heteroatoms. The van der Waals surface area contributed by atoms with Crippen LogP contribution in [-0.4, -0.2) is 47.4 Å². The molecule has 1 fully saturated rings. The standard InChI is InChI=1S/C8F16/c9-1(10)2(11,12)4(15,16)6(19,20)8(23,24)7(21,22)5(17,18)3(1,13)14. The summed E-state index contributed by atoms with van der Waals surface area (Å²) in [6.45, 7) is 0.